The van der Waals surface area contributed by atoms with Crippen LogP contribution in [-0.4, -0.2) is 98.4 Å². The van der Waals surface area contributed by atoms with Gasteiger partial charge < -0.3 is 24.8 Å². The first-order chi connectivity index (χ1) is 26.5. The number of carbonyl (C=O) groups excluding carboxylic acids is 2. The second-order valence-corrected chi connectivity index (χ2v) is 22.0. The summed E-state index contributed by atoms with van der Waals surface area (Å²) in [5.74, 6) is -0.492. The first-order valence-electron chi connectivity index (χ1n) is 18.8. The Morgan fingerprint density at radius 3 is 2.32 bits per heavy atom. The van der Waals surface area contributed by atoms with Crippen LogP contribution in [0.25, 0.3) is 22.2 Å². The number of anilines is 1. The number of amides is 2. The number of hydrogen-bond donors (Lipinski definition) is 2. The monoisotopic (exact) mass is 781 g/mol. The number of pyridine rings is 1. The number of nitrogens with one attached hydrogen (secondary N) is 1. The molecule has 6 rings (SSSR count). The molecule has 2 N–H and O–H groups in total. The van der Waals surface area contributed by atoms with E-state index in [-0.39, 0.29) is 29.6 Å². The predicted molar refractivity (Wildman–Crippen MR) is 218 cm³/mol. The lowest BCUT2D eigenvalue weighted by Crippen LogP contribution is -2.49. The van der Waals surface area contributed by atoms with Crippen LogP contribution in [0.3, 0.4) is 0 Å². The number of aromatic nitrogens is 4. The van der Waals surface area contributed by atoms with Crippen LogP contribution < -0.4 is 10.9 Å². The van der Waals surface area contributed by atoms with Crippen LogP contribution in [0.2, 0.25) is 25.7 Å². The third kappa shape index (κ3) is 10.2. The fraction of sp³-hybridized carbons (Fsp3) is 0.390. The normalized spacial score (nSPS) is 13.9. The van der Waals surface area contributed by atoms with E-state index in [1.165, 1.54) is 16.8 Å². The molecule has 296 valence electrons. The number of fused-ring (bicyclic) bond motifs is 1. The summed E-state index contributed by atoms with van der Waals surface area (Å²) < 4.78 is 15.6. The van der Waals surface area contributed by atoms with E-state index in [1.807, 2.05) is 63.2 Å². The van der Waals surface area contributed by atoms with Crippen LogP contribution in [0.1, 0.15) is 42.3 Å². The van der Waals surface area contributed by atoms with E-state index < -0.39 is 31.2 Å². The number of nitrogens with zero attached hydrogens (tertiary/aromatic N) is 6. The van der Waals surface area contributed by atoms with E-state index >= 15 is 0 Å². The van der Waals surface area contributed by atoms with Gasteiger partial charge in [0.1, 0.15) is 12.3 Å². The summed E-state index contributed by atoms with van der Waals surface area (Å²) in [6.07, 6.45) is 3.13. The molecular formula is C41H51N7O7Si. The lowest BCUT2D eigenvalue weighted by molar-refractivity contribution is 0.0139. The summed E-state index contributed by atoms with van der Waals surface area (Å²) in [7, 11) is -1.42. The second kappa shape index (κ2) is 16.7. The van der Waals surface area contributed by atoms with Gasteiger partial charge in [-0.1, -0.05) is 56.0 Å². The molecule has 2 aromatic carbocycles. The smallest absolute Gasteiger partial charge is 0.416 e. The Morgan fingerprint density at radius 1 is 0.911 bits per heavy atom. The Hall–Kier alpha value is -5.51. The molecule has 5 aromatic rings. The number of ether oxygens (including phenoxy) is 2. The van der Waals surface area contributed by atoms with Crippen molar-refractivity contribution in [1.82, 2.24) is 28.7 Å². The third-order valence-corrected chi connectivity index (χ3v) is 11.1. The number of rotatable bonds is 12. The van der Waals surface area contributed by atoms with Gasteiger partial charge in [-0.2, -0.15) is 5.10 Å². The van der Waals surface area contributed by atoms with E-state index in [2.05, 4.69) is 35.0 Å². The molecular weight excluding hydrogens is 731 g/mol. The Labute approximate surface area is 327 Å². The van der Waals surface area contributed by atoms with Crippen molar-refractivity contribution in [1.29, 1.82) is 0 Å². The Bertz CT molecular complexity index is 2260. The average molecular weight is 782 g/mol. The highest BCUT2D eigenvalue weighted by atomic mass is 28.3. The standard InChI is InChI=1S/C41H51N7O7Si/c1-41(2,3)55-40(53)45-16-14-44(15-17-45)24-30-12-13-35-31(20-30)22-36(48(35)39(51)52)34-21-32(26-46(38(34)50)28-54-18-19-56(4,5)6)37(49)43-33-23-42-47(27-33)25-29-10-8-7-9-11-29/h7-13,20-23,26-27H,14-19,24-25,28H2,1-6H3,(H,43,49)(H,51,52). The molecule has 2 amide bonds. The molecule has 0 radical (unpaired) electrons. The summed E-state index contributed by atoms with van der Waals surface area (Å²) in [4.78, 5) is 57.2. The molecule has 15 heteroatoms. The molecule has 0 atom stereocenters. The zero-order valence-corrected chi connectivity index (χ0v) is 33.9. The van der Waals surface area contributed by atoms with Gasteiger partial charge in [0.15, 0.2) is 0 Å². The first-order valence-corrected chi connectivity index (χ1v) is 22.5. The average Bonchev–Trinajstić information content (AvgIpc) is 3.74. The molecule has 0 saturated carbocycles. The Balaban J connectivity index is 1.27. The minimum atomic E-state index is -1.42. The van der Waals surface area contributed by atoms with E-state index in [0.29, 0.717) is 62.5 Å². The highest BCUT2D eigenvalue weighted by Gasteiger charge is 2.27. The molecule has 0 aliphatic carbocycles. The number of carboxylic acid groups (broad SMARTS) is 1. The van der Waals surface area contributed by atoms with Crippen LogP contribution in [0.5, 0.6) is 0 Å². The molecule has 1 aliphatic rings. The number of hydrogen-bond acceptors (Lipinski definition) is 8. The fourth-order valence-electron chi connectivity index (χ4n) is 6.51. The summed E-state index contributed by atoms with van der Waals surface area (Å²) in [5.41, 5.74) is 2.16. The summed E-state index contributed by atoms with van der Waals surface area (Å²) in [5, 5.41) is 18.4. The Morgan fingerprint density at radius 2 is 1.64 bits per heavy atom. The molecule has 0 unspecified atom stereocenters. The zero-order valence-electron chi connectivity index (χ0n) is 32.9. The highest BCUT2D eigenvalue weighted by molar-refractivity contribution is 6.76. The van der Waals surface area contributed by atoms with E-state index in [1.54, 1.807) is 34.1 Å². The van der Waals surface area contributed by atoms with Gasteiger partial charge in [0.2, 0.25) is 0 Å². The fourth-order valence-corrected chi connectivity index (χ4v) is 7.27. The van der Waals surface area contributed by atoms with Crippen molar-refractivity contribution in [2.45, 2.75) is 71.9 Å². The molecule has 1 saturated heterocycles. The van der Waals surface area contributed by atoms with E-state index in [9.17, 15) is 24.3 Å². The molecule has 0 bridgehead atoms. The molecule has 14 nitrogen and oxygen atoms in total. The minimum Gasteiger partial charge on any atom is -0.464 e. The summed E-state index contributed by atoms with van der Waals surface area (Å²) in [6.45, 7) is 16.1. The maximum Gasteiger partial charge on any atom is 0.416 e. The topological polar surface area (TPSA) is 153 Å². The molecule has 3 aromatic heterocycles. The summed E-state index contributed by atoms with van der Waals surface area (Å²) >= 11 is 0. The maximum absolute atomic E-state index is 14.1. The van der Waals surface area contributed by atoms with Crippen molar-refractivity contribution in [3.63, 3.8) is 0 Å². The van der Waals surface area contributed by atoms with Gasteiger partial charge in [0.25, 0.3) is 11.5 Å². The van der Waals surface area contributed by atoms with Gasteiger partial charge in [-0.3, -0.25) is 23.7 Å². The molecule has 1 fully saturated rings. The van der Waals surface area contributed by atoms with Crippen LogP contribution in [0.15, 0.2) is 84.0 Å². The molecule has 4 heterocycles. The van der Waals surface area contributed by atoms with Crippen LogP contribution in [0, 0.1) is 0 Å². The summed E-state index contributed by atoms with van der Waals surface area (Å²) in [6, 6.07) is 19.3. The van der Waals surface area contributed by atoms with Gasteiger partial charge >= 0.3 is 12.2 Å². The van der Waals surface area contributed by atoms with Crippen molar-refractivity contribution in [3.05, 3.63) is 106 Å². The van der Waals surface area contributed by atoms with Crippen molar-refractivity contribution >= 4 is 42.8 Å². The van der Waals surface area contributed by atoms with Gasteiger partial charge in [0.05, 0.1) is 40.8 Å². The number of carbonyl (C=O) groups is 3. The highest BCUT2D eigenvalue weighted by Crippen LogP contribution is 2.29. The predicted octanol–water partition coefficient (Wildman–Crippen LogP) is 6.86. The lowest BCUT2D eigenvalue weighted by atomic mass is 10.1. The van der Waals surface area contributed by atoms with Crippen molar-refractivity contribution in [3.8, 4) is 11.3 Å². The number of piperazine rings is 1. The zero-order chi connectivity index (χ0) is 40.2. The van der Waals surface area contributed by atoms with E-state index in [0.717, 1.165) is 21.7 Å². The number of benzene rings is 2. The van der Waals surface area contributed by atoms with Crippen LogP contribution in [0.4, 0.5) is 15.3 Å². The maximum atomic E-state index is 14.1. The molecule has 0 spiro atoms. The van der Waals surface area contributed by atoms with Crippen LogP contribution >= 0.6 is 0 Å². The van der Waals surface area contributed by atoms with Crippen molar-refractivity contribution in [2.24, 2.45) is 0 Å². The lowest BCUT2D eigenvalue weighted by Gasteiger charge is -2.35. The van der Waals surface area contributed by atoms with Gasteiger partial charge in [-0.25, -0.2) is 14.2 Å². The Kier molecular flexibility index (Phi) is 12.0. The third-order valence-electron chi connectivity index (χ3n) is 9.42. The van der Waals surface area contributed by atoms with Gasteiger partial charge in [-0.15, -0.1) is 0 Å². The quantitative estimate of drug-likeness (QED) is 0.102. The molecule has 56 heavy (non-hydrogen) atoms. The first kappa shape index (κ1) is 40.2. The molecule has 1 aliphatic heterocycles. The SMILES string of the molecule is CC(C)(C)OC(=O)N1CCN(Cc2ccc3c(c2)cc(-c2cc(C(=O)Nc4cnn(Cc5ccccc5)c4)cn(COCC[Si](C)(C)C)c2=O)n3C(=O)O)CC1. The minimum absolute atomic E-state index is 0.0460. The second-order valence-electron chi connectivity index (χ2n) is 16.4. The largest absolute Gasteiger partial charge is 0.464 e. The van der Waals surface area contributed by atoms with E-state index in [4.69, 9.17) is 9.47 Å². The van der Waals surface area contributed by atoms with Crippen LogP contribution in [-0.2, 0) is 29.3 Å². The van der Waals surface area contributed by atoms with Crippen molar-refractivity contribution < 1.29 is 29.0 Å². The van der Waals surface area contributed by atoms with Crippen molar-refractivity contribution in [2.75, 3.05) is 38.1 Å². The van der Waals surface area contributed by atoms with Gasteiger partial charge in [-0.05, 0) is 62.2 Å². The van der Waals surface area contributed by atoms with Gasteiger partial charge in [0, 0.05) is 65.2 Å².